The third kappa shape index (κ3) is 2.53. The van der Waals surface area contributed by atoms with E-state index in [2.05, 4.69) is 19.1 Å². The molecule has 0 atom stereocenters. The van der Waals surface area contributed by atoms with Crippen LogP contribution in [0.25, 0.3) is 0 Å². The Morgan fingerprint density at radius 3 is 2.40 bits per heavy atom. The van der Waals surface area contributed by atoms with Crippen molar-refractivity contribution in [3.8, 4) is 0 Å². The first-order valence-corrected chi connectivity index (χ1v) is 4.20. The molecule has 1 nitrogen and oxygen atoms in total. The van der Waals surface area contributed by atoms with Crippen LogP contribution in [0.1, 0.15) is 32.6 Å². The Balaban J connectivity index is 2.20. The molecule has 58 valence electrons. The molecule has 0 unspecified atom stereocenters. The van der Waals surface area contributed by atoms with Crippen LogP contribution in [0.15, 0.2) is 12.2 Å². The Morgan fingerprint density at radius 2 is 1.90 bits per heavy atom. The van der Waals surface area contributed by atoms with Gasteiger partial charge in [-0.2, -0.15) is 0 Å². The van der Waals surface area contributed by atoms with E-state index in [1.54, 1.807) is 0 Å². The Bertz CT molecular complexity index is 97.3. The van der Waals surface area contributed by atoms with Gasteiger partial charge < -0.3 is 4.74 Å². The van der Waals surface area contributed by atoms with Crippen molar-refractivity contribution in [2.75, 3.05) is 6.61 Å². The molecule has 0 saturated heterocycles. The zero-order chi connectivity index (χ0) is 7.23. The van der Waals surface area contributed by atoms with E-state index in [1.165, 1.54) is 25.7 Å². The maximum absolute atomic E-state index is 5.52. The first-order valence-electron chi connectivity index (χ1n) is 4.20. The lowest BCUT2D eigenvalue weighted by molar-refractivity contribution is 0.0535. The van der Waals surface area contributed by atoms with E-state index < -0.39 is 0 Å². The van der Waals surface area contributed by atoms with Gasteiger partial charge in [0.1, 0.15) is 0 Å². The second-order valence-electron chi connectivity index (χ2n) is 2.70. The van der Waals surface area contributed by atoms with Gasteiger partial charge in [0.05, 0.1) is 6.10 Å². The molecule has 0 aromatic carbocycles. The SMILES string of the molecule is CCOC1CCC=CCC1. The highest BCUT2D eigenvalue weighted by molar-refractivity contribution is 4.86. The van der Waals surface area contributed by atoms with Crippen molar-refractivity contribution in [3.05, 3.63) is 12.2 Å². The van der Waals surface area contributed by atoms with E-state index >= 15 is 0 Å². The average molecular weight is 140 g/mol. The monoisotopic (exact) mass is 140 g/mol. The maximum Gasteiger partial charge on any atom is 0.0580 e. The molecule has 1 heteroatoms. The van der Waals surface area contributed by atoms with Crippen LogP contribution in [0.4, 0.5) is 0 Å². The van der Waals surface area contributed by atoms with Crippen LogP contribution >= 0.6 is 0 Å². The van der Waals surface area contributed by atoms with Gasteiger partial charge in [-0.15, -0.1) is 0 Å². The number of ether oxygens (including phenoxy) is 1. The van der Waals surface area contributed by atoms with Gasteiger partial charge in [0.25, 0.3) is 0 Å². The van der Waals surface area contributed by atoms with Gasteiger partial charge in [0, 0.05) is 6.61 Å². The largest absolute Gasteiger partial charge is 0.378 e. The molecule has 0 spiro atoms. The molecule has 0 N–H and O–H groups in total. The molecule has 0 bridgehead atoms. The third-order valence-electron chi connectivity index (χ3n) is 1.88. The molecule has 0 saturated carbocycles. The van der Waals surface area contributed by atoms with Gasteiger partial charge in [-0.3, -0.25) is 0 Å². The van der Waals surface area contributed by atoms with Crippen molar-refractivity contribution in [3.63, 3.8) is 0 Å². The van der Waals surface area contributed by atoms with Crippen molar-refractivity contribution in [2.24, 2.45) is 0 Å². The second kappa shape index (κ2) is 4.51. The average Bonchev–Trinajstić information content (AvgIpc) is 2.17. The first-order chi connectivity index (χ1) is 4.93. The third-order valence-corrected chi connectivity index (χ3v) is 1.88. The highest BCUT2D eigenvalue weighted by Gasteiger charge is 2.07. The van der Waals surface area contributed by atoms with Gasteiger partial charge in [-0.25, -0.2) is 0 Å². The lowest BCUT2D eigenvalue weighted by atomic mass is 10.1. The molecular weight excluding hydrogens is 124 g/mol. The first kappa shape index (κ1) is 7.80. The summed E-state index contributed by atoms with van der Waals surface area (Å²) in [5.74, 6) is 0. The van der Waals surface area contributed by atoms with E-state index in [4.69, 9.17) is 4.74 Å². The van der Waals surface area contributed by atoms with E-state index in [9.17, 15) is 0 Å². The van der Waals surface area contributed by atoms with Gasteiger partial charge in [0.15, 0.2) is 0 Å². The number of allylic oxidation sites excluding steroid dienone is 2. The number of rotatable bonds is 2. The summed E-state index contributed by atoms with van der Waals surface area (Å²) >= 11 is 0. The normalized spacial score (nSPS) is 20.9. The summed E-state index contributed by atoms with van der Waals surface area (Å²) in [6, 6.07) is 0. The van der Waals surface area contributed by atoms with Gasteiger partial charge in [-0.05, 0) is 32.6 Å². The number of hydrogen-bond donors (Lipinski definition) is 0. The minimum atomic E-state index is 0.528. The summed E-state index contributed by atoms with van der Waals surface area (Å²) in [6.45, 7) is 2.93. The summed E-state index contributed by atoms with van der Waals surface area (Å²) < 4.78 is 5.52. The molecular formula is C9H16O. The molecule has 1 aliphatic carbocycles. The molecule has 1 rings (SSSR count). The maximum atomic E-state index is 5.52. The highest BCUT2D eigenvalue weighted by atomic mass is 16.5. The predicted octanol–water partition coefficient (Wildman–Crippen LogP) is 2.52. The standard InChI is InChI=1S/C9H16O/c1-2-10-9-7-5-3-4-6-8-9/h3-4,9H,2,5-8H2,1H3. The topological polar surface area (TPSA) is 9.23 Å². The zero-order valence-electron chi connectivity index (χ0n) is 6.68. The Morgan fingerprint density at radius 1 is 1.30 bits per heavy atom. The Kier molecular flexibility index (Phi) is 3.52. The van der Waals surface area contributed by atoms with E-state index in [0.717, 1.165) is 6.61 Å². The fourth-order valence-electron chi connectivity index (χ4n) is 1.35. The number of hydrogen-bond acceptors (Lipinski definition) is 1. The van der Waals surface area contributed by atoms with Crippen molar-refractivity contribution in [2.45, 2.75) is 38.7 Å². The summed E-state index contributed by atoms with van der Waals surface area (Å²) in [7, 11) is 0. The van der Waals surface area contributed by atoms with E-state index in [1.807, 2.05) is 0 Å². The van der Waals surface area contributed by atoms with E-state index in [0.29, 0.717) is 6.10 Å². The molecule has 1 aliphatic rings. The summed E-state index contributed by atoms with van der Waals surface area (Å²) in [6.07, 6.45) is 9.88. The minimum absolute atomic E-state index is 0.528. The molecule has 0 radical (unpaired) electrons. The molecule has 0 amide bonds. The molecule has 0 heterocycles. The minimum Gasteiger partial charge on any atom is -0.378 e. The molecule has 0 aromatic rings. The lowest BCUT2D eigenvalue weighted by Crippen LogP contribution is -2.10. The summed E-state index contributed by atoms with van der Waals surface area (Å²) in [5, 5.41) is 0. The van der Waals surface area contributed by atoms with Crippen LogP contribution in [-0.2, 0) is 4.74 Å². The molecule has 0 aromatic heterocycles. The fraction of sp³-hybridized carbons (Fsp3) is 0.778. The molecule has 0 fully saturated rings. The summed E-state index contributed by atoms with van der Waals surface area (Å²) in [4.78, 5) is 0. The van der Waals surface area contributed by atoms with Crippen molar-refractivity contribution < 1.29 is 4.74 Å². The van der Waals surface area contributed by atoms with Crippen LogP contribution in [0.2, 0.25) is 0 Å². The van der Waals surface area contributed by atoms with E-state index in [-0.39, 0.29) is 0 Å². The van der Waals surface area contributed by atoms with Gasteiger partial charge >= 0.3 is 0 Å². The highest BCUT2D eigenvalue weighted by Crippen LogP contribution is 2.14. The predicted molar refractivity (Wildman–Crippen MR) is 43.0 cm³/mol. The second-order valence-corrected chi connectivity index (χ2v) is 2.70. The van der Waals surface area contributed by atoms with Gasteiger partial charge in [-0.1, -0.05) is 12.2 Å². The smallest absolute Gasteiger partial charge is 0.0580 e. The van der Waals surface area contributed by atoms with Crippen LogP contribution in [0.5, 0.6) is 0 Å². The zero-order valence-corrected chi connectivity index (χ0v) is 6.68. The van der Waals surface area contributed by atoms with Crippen LogP contribution < -0.4 is 0 Å². The van der Waals surface area contributed by atoms with Crippen LogP contribution in [0.3, 0.4) is 0 Å². The Labute approximate surface area is 63.1 Å². The van der Waals surface area contributed by atoms with Crippen molar-refractivity contribution in [1.29, 1.82) is 0 Å². The van der Waals surface area contributed by atoms with Gasteiger partial charge in [0.2, 0.25) is 0 Å². The van der Waals surface area contributed by atoms with Crippen LogP contribution in [0, 0.1) is 0 Å². The van der Waals surface area contributed by atoms with Crippen molar-refractivity contribution >= 4 is 0 Å². The molecule has 10 heavy (non-hydrogen) atoms. The summed E-state index contributed by atoms with van der Waals surface area (Å²) in [5.41, 5.74) is 0. The quantitative estimate of drug-likeness (QED) is 0.535. The Hall–Kier alpha value is -0.300. The molecule has 0 aliphatic heterocycles. The van der Waals surface area contributed by atoms with Crippen molar-refractivity contribution in [1.82, 2.24) is 0 Å². The van der Waals surface area contributed by atoms with Crippen LogP contribution in [-0.4, -0.2) is 12.7 Å². The fourth-order valence-corrected chi connectivity index (χ4v) is 1.35. The lowest BCUT2D eigenvalue weighted by Gasteiger charge is -2.12.